The molecule has 0 radical (unpaired) electrons. The molecule has 0 bridgehead atoms. The van der Waals surface area contributed by atoms with Gasteiger partial charge in [0.15, 0.2) is 5.75 Å². The highest BCUT2D eigenvalue weighted by Gasteiger charge is 2.53. The van der Waals surface area contributed by atoms with Gasteiger partial charge in [0.05, 0.1) is 18.5 Å². The molecule has 2 heterocycles. The average Bonchev–Trinajstić information content (AvgIpc) is 3.50. The molecule has 6 heteroatoms. The molecule has 168 valence electrons. The molecule has 1 aliphatic carbocycles. The predicted octanol–water partition coefficient (Wildman–Crippen LogP) is 5.25. The number of pyridine rings is 1. The summed E-state index contributed by atoms with van der Waals surface area (Å²) in [5.74, 6) is 2.82. The van der Waals surface area contributed by atoms with Crippen molar-refractivity contribution in [2.75, 3.05) is 11.9 Å². The van der Waals surface area contributed by atoms with Crippen LogP contribution in [0.2, 0.25) is 0 Å². The second-order valence-electron chi connectivity index (χ2n) is 8.46. The predicted molar refractivity (Wildman–Crippen MR) is 130 cm³/mol. The number of amides is 1. The van der Waals surface area contributed by atoms with Gasteiger partial charge in [-0.15, -0.1) is 0 Å². The summed E-state index contributed by atoms with van der Waals surface area (Å²) in [6.07, 6.45) is 5.32. The lowest BCUT2D eigenvalue weighted by molar-refractivity contribution is -0.105. The van der Waals surface area contributed by atoms with E-state index in [1.54, 1.807) is 12.4 Å². The number of fused-ring (bicyclic) bond motifs is 1. The van der Waals surface area contributed by atoms with Crippen LogP contribution >= 0.6 is 0 Å². The van der Waals surface area contributed by atoms with Crippen LogP contribution in [0.1, 0.15) is 30.4 Å². The first kappa shape index (κ1) is 22.4. The van der Waals surface area contributed by atoms with E-state index in [9.17, 15) is 4.79 Å². The van der Waals surface area contributed by atoms with Gasteiger partial charge in [-0.25, -0.2) is 15.0 Å². The van der Waals surface area contributed by atoms with Gasteiger partial charge in [0.2, 0.25) is 6.41 Å². The Morgan fingerprint density at radius 1 is 1.03 bits per heavy atom. The molecule has 1 unspecified atom stereocenters. The molecule has 1 aliphatic rings. The van der Waals surface area contributed by atoms with E-state index in [0.29, 0.717) is 24.8 Å². The van der Waals surface area contributed by atoms with Crippen molar-refractivity contribution in [1.29, 1.82) is 0 Å². The van der Waals surface area contributed by atoms with Gasteiger partial charge in [-0.2, -0.15) is 0 Å². The van der Waals surface area contributed by atoms with E-state index in [2.05, 4.69) is 57.5 Å². The van der Waals surface area contributed by atoms with Gasteiger partial charge in [0.1, 0.15) is 11.6 Å². The van der Waals surface area contributed by atoms with Gasteiger partial charge >= 0.3 is 0 Å². The van der Waals surface area contributed by atoms with Crippen molar-refractivity contribution in [3.05, 3.63) is 90.1 Å². The van der Waals surface area contributed by atoms with Crippen molar-refractivity contribution in [1.82, 2.24) is 15.0 Å². The molecule has 5 rings (SSSR count). The van der Waals surface area contributed by atoms with Crippen LogP contribution in [0.3, 0.4) is 0 Å². The number of carbonyl (C=O) groups excluding carboxylic acids is 1. The maximum Gasteiger partial charge on any atom is 0.212 e. The van der Waals surface area contributed by atoms with E-state index in [1.807, 2.05) is 44.2 Å². The van der Waals surface area contributed by atoms with Crippen LogP contribution in [0.25, 0.3) is 10.8 Å². The smallest absolute Gasteiger partial charge is 0.212 e. The minimum atomic E-state index is 0.165. The molecule has 1 fully saturated rings. The number of rotatable bonds is 6. The van der Waals surface area contributed by atoms with Crippen molar-refractivity contribution in [2.24, 2.45) is 5.92 Å². The van der Waals surface area contributed by atoms with Crippen LogP contribution in [-0.4, -0.2) is 28.0 Å². The number of ether oxygens (including phenoxy) is 1. The van der Waals surface area contributed by atoms with Crippen molar-refractivity contribution >= 4 is 23.0 Å². The van der Waals surface area contributed by atoms with Crippen LogP contribution in [0.5, 0.6) is 5.75 Å². The number of hydrogen-bond donors (Lipinski definition) is 1. The normalized spacial score (nSPS) is 18.7. The lowest BCUT2D eigenvalue weighted by Crippen LogP contribution is -2.20. The van der Waals surface area contributed by atoms with Crippen LogP contribution in [-0.2, 0) is 10.2 Å². The molecule has 1 saturated carbocycles. The van der Waals surface area contributed by atoms with Crippen LogP contribution in [0.15, 0.2) is 73.1 Å². The topological polar surface area (TPSA) is 77.0 Å². The summed E-state index contributed by atoms with van der Waals surface area (Å²) < 4.78 is 6.02. The van der Waals surface area contributed by atoms with Gasteiger partial charge in [-0.05, 0) is 43.2 Å². The van der Waals surface area contributed by atoms with E-state index in [0.717, 1.165) is 28.0 Å². The Bertz CT molecular complexity index is 1250. The quantitative estimate of drug-likeness (QED) is 0.414. The fourth-order valence-corrected chi connectivity index (χ4v) is 4.09. The largest absolute Gasteiger partial charge is 0.489 e. The number of carbonyl (C=O) groups is 1. The SMILES string of the molecule is Cc1ncc(OC[C@@]2(c3ccccc3)CC2C)c(C)n1.O=CNc1cc2ccccc2cn1. The zero-order valence-corrected chi connectivity index (χ0v) is 19.2. The lowest BCUT2D eigenvalue weighted by atomic mass is 9.94. The van der Waals surface area contributed by atoms with Crippen molar-refractivity contribution < 1.29 is 9.53 Å². The summed E-state index contributed by atoms with van der Waals surface area (Å²) in [7, 11) is 0. The molecule has 2 aromatic heterocycles. The Morgan fingerprint density at radius 2 is 1.73 bits per heavy atom. The third-order valence-electron chi connectivity index (χ3n) is 6.18. The molecule has 2 aromatic carbocycles. The minimum Gasteiger partial charge on any atom is -0.489 e. The third kappa shape index (κ3) is 5.17. The van der Waals surface area contributed by atoms with Crippen molar-refractivity contribution in [2.45, 2.75) is 32.6 Å². The van der Waals surface area contributed by atoms with Crippen LogP contribution in [0.4, 0.5) is 5.82 Å². The van der Waals surface area contributed by atoms with Crippen molar-refractivity contribution in [3.63, 3.8) is 0 Å². The second-order valence-corrected chi connectivity index (χ2v) is 8.46. The van der Waals surface area contributed by atoms with E-state index < -0.39 is 0 Å². The van der Waals surface area contributed by atoms with Gasteiger partial charge in [-0.1, -0.05) is 61.5 Å². The molecule has 1 amide bonds. The number of nitrogens with one attached hydrogen (secondary N) is 1. The molecule has 4 aromatic rings. The molecular weight excluding hydrogens is 412 g/mol. The number of benzene rings is 2. The van der Waals surface area contributed by atoms with Crippen LogP contribution in [0, 0.1) is 19.8 Å². The second kappa shape index (κ2) is 9.77. The highest BCUT2D eigenvalue weighted by Crippen LogP contribution is 2.54. The molecule has 0 aliphatic heterocycles. The van der Waals surface area contributed by atoms with E-state index in [1.165, 1.54) is 12.0 Å². The molecular formula is C27H28N4O2. The zero-order chi connectivity index (χ0) is 23.3. The summed E-state index contributed by atoms with van der Waals surface area (Å²) >= 11 is 0. The van der Waals surface area contributed by atoms with Gasteiger partial charge in [-0.3, -0.25) is 4.79 Å². The Morgan fingerprint density at radius 3 is 2.39 bits per heavy atom. The highest BCUT2D eigenvalue weighted by atomic mass is 16.5. The van der Waals surface area contributed by atoms with E-state index in [4.69, 9.17) is 4.74 Å². The first-order chi connectivity index (χ1) is 16.0. The maximum absolute atomic E-state index is 10.2. The Hall–Kier alpha value is -3.80. The Labute approximate surface area is 194 Å². The van der Waals surface area contributed by atoms with Gasteiger partial charge < -0.3 is 10.1 Å². The summed E-state index contributed by atoms with van der Waals surface area (Å²) in [4.78, 5) is 22.8. The Kier molecular flexibility index (Phi) is 6.63. The lowest BCUT2D eigenvalue weighted by Gasteiger charge is -2.18. The number of aryl methyl sites for hydroxylation is 2. The number of aromatic nitrogens is 3. The molecule has 33 heavy (non-hydrogen) atoms. The fraction of sp³-hybridized carbons (Fsp3) is 0.259. The number of hydrogen-bond acceptors (Lipinski definition) is 5. The first-order valence-corrected chi connectivity index (χ1v) is 11.1. The zero-order valence-electron chi connectivity index (χ0n) is 19.2. The van der Waals surface area contributed by atoms with E-state index in [-0.39, 0.29) is 5.41 Å². The highest BCUT2D eigenvalue weighted by molar-refractivity contribution is 5.85. The maximum atomic E-state index is 10.2. The third-order valence-corrected chi connectivity index (χ3v) is 6.18. The van der Waals surface area contributed by atoms with Crippen LogP contribution < -0.4 is 10.1 Å². The Balaban J connectivity index is 0.000000172. The monoisotopic (exact) mass is 440 g/mol. The molecule has 0 spiro atoms. The van der Waals surface area contributed by atoms with Crippen molar-refractivity contribution in [3.8, 4) is 5.75 Å². The molecule has 1 N–H and O–H groups in total. The van der Waals surface area contributed by atoms with Gasteiger partial charge in [0.25, 0.3) is 0 Å². The van der Waals surface area contributed by atoms with Gasteiger partial charge in [0, 0.05) is 17.0 Å². The fourth-order valence-electron chi connectivity index (χ4n) is 4.09. The minimum absolute atomic E-state index is 0.165. The van der Waals surface area contributed by atoms with E-state index >= 15 is 0 Å². The molecule has 6 nitrogen and oxygen atoms in total. The summed E-state index contributed by atoms with van der Waals surface area (Å²) in [6, 6.07) is 20.4. The molecule has 2 atom stereocenters. The number of anilines is 1. The summed E-state index contributed by atoms with van der Waals surface area (Å²) in [5.41, 5.74) is 2.45. The number of nitrogens with zero attached hydrogens (tertiary/aromatic N) is 3. The first-order valence-electron chi connectivity index (χ1n) is 11.1. The summed E-state index contributed by atoms with van der Waals surface area (Å²) in [6.45, 7) is 6.85. The molecule has 0 saturated heterocycles. The standard InChI is InChI=1S/C17H20N2O.C10H8N2O/c1-12-9-17(12,15-7-5-4-6-8-15)11-20-16-10-18-14(3)19-13(16)2;13-7-12-10-5-8-3-1-2-4-9(8)6-11-10/h4-8,10,12H,9,11H2,1-3H3;1-7H,(H,11,12,13)/t12?,17-;/m0./s1. The summed E-state index contributed by atoms with van der Waals surface area (Å²) in [5, 5.41) is 4.65. The average molecular weight is 441 g/mol.